The zero-order chi connectivity index (χ0) is 11.0. The van der Waals surface area contributed by atoms with Gasteiger partial charge in [-0.05, 0) is 30.9 Å². The van der Waals surface area contributed by atoms with Crippen molar-refractivity contribution in [2.24, 2.45) is 11.7 Å². The van der Waals surface area contributed by atoms with E-state index in [0.717, 1.165) is 6.42 Å². The molecule has 4 heteroatoms. The fraction of sp³-hybridized carbons (Fsp3) is 0.500. The summed E-state index contributed by atoms with van der Waals surface area (Å²) in [4.78, 5) is 0. The van der Waals surface area contributed by atoms with Gasteiger partial charge >= 0.3 is 0 Å². The molecule has 0 unspecified atom stereocenters. The van der Waals surface area contributed by atoms with Gasteiger partial charge in [0.05, 0.1) is 0 Å². The second-order valence-electron chi connectivity index (χ2n) is 4.38. The molecular formula is C12H16Cl2FN. The molecule has 1 aromatic rings. The molecule has 0 spiro atoms. The average Bonchev–Trinajstić information content (AvgIpc) is 2.96. The van der Waals surface area contributed by atoms with Crippen molar-refractivity contribution in [3.8, 4) is 0 Å². The van der Waals surface area contributed by atoms with E-state index in [-0.39, 0.29) is 24.3 Å². The first-order valence-corrected chi connectivity index (χ1v) is 5.67. The van der Waals surface area contributed by atoms with E-state index in [2.05, 4.69) is 0 Å². The third-order valence-electron chi connectivity index (χ3n) is 2.97. The number of halogens is 3. The maximum Gasteiger partial charge on any atom is 0.132 e. The van der Waals surface area contributed by atoms with E-state index in [1.165, 1.54) is 12.8 Å². The number of nitrogens with two attached hydrogens (primary N) is 1. The van der Waals surface area contributed by atoms with Crippen LogP contribution in [0.15, 0.2) is 12.1 Å². The fourth-order valence-electron chi connectivity index (χ4n) is 1.85. The van der Waals surface area contributed by atoms with Gasteiger partial charge < -0.3 is 5.73 Å². The summed E-state index contributed by atoms with van der Waals surface area (Å²) in [6.07, 6.45) is 3.29. The van der Waals surface area contributed by atoms with Crippen LogP contribution in [-0.4, -0.2) is 0 Å². The Labute approximate surface area is 107 Å². The molecule has 0 heterocycles. The minimum Gasteiger partial charge on any atom is -0.324 e. The van der Waals surface area contributed by atoms with Gasteiger partial charge in [-0.1, -0.05) is 30.5 Å². The number of rotatable bonds is 3. The van der Waals surface area contributed by atoms with Crippen LogP contribution in [-0.2, 0) is 0 Å². The molecule has 0 aliphatic heterocycles. The topological polar surface area (TPSA) is 26.0 Å². The van der Waals surface area contributed by atoms with Gasteiger partial charge in [-0.15, -0.1) is 12.4 Å². The number of aryl methyl sites for hydroxylation is 1. The lowest BCUT2D eigenvalue weighted by Crippen LogP contribution is -2.14. The molecule has 90 valence electrons. The van der Waals surface area contributed by atoms with Crippen molar-refractivity contribution in [3.63, 3.8) is 0 Å². The Morgan fingerprint density at radius 2 is 2.12 bits per heavy atom. The van der Waals surface area contributed by atoms with Crippen LogP contribution in [0.25, 0.3) is 0 Å². The SMILES string of the molecule is Cc1ccc(Cl)c([C@@H](N)CC2CC2)c1F.Cl. The summed E-state index contributed by atoms with van der Waals surface area (Å²) in [5.41, 5.74) is 7.08. The van der Waals surface area contributed by atoms with Crippen molar-refractivity contribution >= 4 is 24.0 Å². The maximum absolute atomic E-state index is 13.8. The van der Waals surface area contributed by atoms with Crippen LogP contribution in [0.1, 0.15) is 36.4 Å². The highest BCUT2D eigenvalue weighted by Gasteiger charge is 2.27. The molecule has 0 saturated heterocycles. The van der Waals surface area contributed by atoms with E-state index in [1.807, 2.05) is 0 Å². The monoisotopic (exact) mass is 263 g/mol. The van der Waals surface area contributed by atoms with Gasteiger partial charge in [0, 0.05) is 16.6 Å². The Hall–Kier alpha value is -0.310. The van der Waals surface area contributed by atoms with Crippen LogP contribution in [0.3, 0.4) is 0 Å². The van der Waals surface area contributed by atoms with E-state index < -0.39 is 0 Å². The van der Waals surface area contributed by atoms with Crippen LogP contribution in [0.4, 0.5) is 4.39 Å². The maximum atomic E-state index is 13.8. The first-order chi connectivity index (χ1) is 7.09. The quantitative estimate of drug-likeness (QED) is 0.877. The molecule has 1 aromatic carbocycles. The molecule has 1 atom stereocenters. The lowest BCUT2D eigenvalue weighted by molar-refractivity contribution is 0.538. The van der Waals surface area contributed by atoms with Crippen LogP contribution in [0.2, 0.25) is 5.02 Å². The first-order valence-electron chi connectivity index (χ1n) is 5.29. The number of benzene rings is 1. The minimum atomic E-state index is -0.259. The van der Waals surface area contributed by atoms with Crippen LogP contribution >= 0.6 is 24.0 Å². The van der Waals surface area contributed by atoms with E-state index >= 15 is 0 Å². The Bertz CT molecular complexity index is 378. The first kappa shape index (κ1) is 13.8. The van der Waals surface area contributed by atoms with Gasteiger partial charge in [-0.25, -0.2) is 4.39 Å². The van der Waals surface area contributed by atoms with Gasteiger partial charge in [0.25, 0.3) is 0 Å². The van der Waals surface area contributed by atoms with E-state index in [9.17, 15) is 4.39 Å². The molecule has 1 aliphatic carbocycles. The van der Waals surface area contributed by atoms with Crippen LogP contribution in [0, 0.1) is 18.7 Å². The van der Waals surface area contributed by atoms with E-state index in [0.29, 0.717) is 22.1 Å². The van der Waals surface area contributed by atoms with Gasteiger partial charge in [-0.2, -0.15) is 0 Å². The summed E-state index contributed by atoms with van der Waals surface area (Å²) in [6, 6.07) is 3.15. The Balaban J connectivity index is 0.00000128. The Morgan fingerprint density at radius 1 is 1.50 bits per heavy atom. The normalized spacial score (nSPS) is 16.8. The molecule has 1 fully saturated rings. The summed E-state index contributed by atoms with van der Waals surface area (Å²) in [7, 11) is 0. The van der Waals surface area contributed by atoms with Gasteiger partial charge in [-0.3, -0.25) is 0 Å². The lowest BCUT2D eigenvalue weighted by atomic mass is 9.99. The molecule has 1 aliphatic rings. The molecule has 2 rings (SSSR count). The van der Waals surface area contributed by atoms with Crippen molar-refractivity contribution in [2.45, 2.75) is 32.2 Å². The zero-order valence-electron chi connectivity index (χ0n) is 9.17. The Morgan fingerprint density at radius 3 is 2.69 bits per heavy atom. The standard InChI is InChI=1S/C12H15ClFN.ClH/c1-7-2-5-9(13)11(12(7)14)10(15)6-8-3-4-8;/h2,5,8,10H,3-4,6,15H2,1H3;1H/t10-;/m0./s1. The van der Waals surface area contributed by atoms with Crippen molar-refractivity contribution in [1.29, 1.82) is 0 Å². The molecule has 0 bridgehead atoms. The van der Waals surface area contributed by atoms with Crippen molar-refractivity contribution < 1.29 is 4.39 Å². The number of hydrogen-bond acceptors (Lipinski definition) is 1. The highest BCUT2D eigenvalue weighted by atomic mass is 35.5. The lowest BCUT2D eigenvalue weighted by Gasteiger charge is -2.15. The molecule has 0 aromatic heterocycles. The fourth-order valence-corrected chi connectivity index (χ4v) is 2.13. The largest absolute Gasteiger partial charge is 0.324 e. The number of hydrogen-bond donors (Lipinski definition) is 1. The van der Waals surface area contributed by atoms with Crippen molar-refractivity contribution in [1.82, 2.24) is 0 Å². The van der Waals surface area contributed by atoms with Gasteiger partial charge in [0.15, 0.2) is 0 Å². The highest BCUT2D eigenvalue weighted by Crippen LogP contribution is 2.39. The van der Waals surface area contributed by atoms with Gasteiger partial charge in [0.2, 0.25) is 0 Å². The molecule has 2 N–H and O–H groups in total. The van der Waals surface area contributed by atoms with Crippen LogP contribution in [0.5, 0.6) is 0 Å². The van der Waals surface area contributed by atoms with E-state index in [1.54, 1.807) is 19.1 Å². The molecular weight excluding hydrogens is 248 g/mol. The van der Waals surface area contributed by atoms with Gasteiger partial charge in [0.1, 0.15) is 5.82 Å². The summed E-state index contributed by atoms with van der Waals surface area (Å²) in [5, 5.41) is 0.450. The summed E-state index contributed by atoms with van der Waals surface area (Å²) < 4.78 is 13.8. The molecule has 1 nitrogen and oxygen atoms in total. The predicted molar refractivity (Wildman–Crippen MR) is 67.7 cm³/mol. The molecule has 0 amide bonds. The average molecular weight is 264 g/mol. The molecule has 1 saturated carbocycles. The molecule has 16 heavy (non-hydrogen) atoms. The zero-order valence-corrected chi connectivity index (χ0v) is 10.7. The summed E-state index contributed by atoms with van der Waals surface area (Å²) >= 11 is 5.98. The summed E-state index contributed by atoms with van der Waals surface area (Å²) in [5.74, 6) is 0.437. The van der Waals surface area contributed by atoms with E-state index in [4.69, 9.17) is 17.3 Å². The second kappa shape index (κ2) is 5.35. The smallest absolute Gasteiger partial charge is 0.132 e. The third kappa shape index (κ3) is 2.88. The Kier molecular flexibility index (Phi) is 4.60. The minimum absolute atomic E-state index is 0. The van der Waals surface area contributed by atoms with Crippen molar-refractivity contribution in [3.05, 3.63) is 34.1 Å². The third-order valence-corrected chi connectivity index (χ3v) is 3.30. The highest BCUT2D eigenvalue weighted by molar-refractivity contribution is 6.31. The van der Waals surface area contributed by atoms with Crippen LogP contribution < -0.4 is 5.73 Å². The van der Waals surface area contributed by atoms with Crippen molar-refractivity contribution in [2.75, 3.05) is 0 Å². The summed E-state index contributed by atoms with van der Waals surface area (Å²) in [6.45, 7) is 1.74. The second-order valence-corrected chi connectivity index (χ2v) is 4.78. The predicted octanol–water partition coefficient (Wildman–Crippen LogP) is 4.01. The molecule has 0 radical (unpaired) electrons.